The van der Waals surface area contributed by atoms with Crippen LogP contribution in [0.4, 0.5) is 20.2 Å². The van der Waals surface area contributed by atoms with E-state index >= 15 is 0 Å². The number of nitrogen functional groups attached to an aromatic ring is 1. The first-order valence-corrected chi connectivity index (χ1v) is 6.03. The Morgan fingerprint density at radius 3 is 2.62 bits per heavy atom. The van der Waals surface area contributed by atoms with Crippen LogP contribution in [0, 0.1) is 23.0 Å². The van der Waals surface area contributed by atoms with Crippen molar-refractivity contribution in [1.29, 1.82) is 5.26 Å². The van der Waals surface area contributed by atoms with Crippen LogP contribution < -0.4 is 11.1 Å². The molecule has 21 heavy (non-hydrogen) atoms. The van der Waals surface area contributed by atoms with Crippen LogP contribution in [0.15, 0.2) is 36.4 Å². The Labute approximate surface area is 119 Å². The van der Waals surface area contributed by atoms with Crippen LogP contribution >= 0.6 is 0 Å². The summed E-state index contributed by atoms with van der Waals surface area (Å²) in [5.41, 5.74) is 6.73. The molecule has 2 aromatic rings. The van der Waals surface area contributed by atoms with E-state index in [0.29, 0.717) is 11.3 Å². The van der Waals surface area contributed by atoms with Crippen LogP contribution in [0.5, 0.6) is 0 Å². The van der Waals surface area contributed by atoms with Crippen molar-refractivity contribution in [3.63, 3.8) is 0 Å². The molecule has 0 heterocycles. The molecule has 0 spiro atoms. The summed E-state index contributed by atoms with van der Waals surface area (Å²) < 4.78 is 26.2. The number of amides is 1. The topological polar surface area (TPSA) is 78.9 Å². The second-order valence-corrected chi connectivity index (χ2v) is 4.37. The molecule has 1 amide bonds. The highest BCUT2D eigenvalue weighted by Crippen LogP contribution is 2.20. The molecule has 6 heteroatoms. The number of anilines is 2. The minimum Gasteiger partial charge on any atom is -0.397 e. The Hall–Kier alpha value is -2.94. The van der Waals surface area contributed by atoms with Crippen molar-refractivity contribution in [2.24, 2.45) is 0 Å². The minimum absolute atomic E-state index is 0.0844. The van der Waals surface area contributed by atoms with E-state index in [9.17, 15) is 13.6 Å². The molecule has 0 saturated heterocycles. The second kappa shape index (κ2) is 6.01. The molecule has 0 aromatic heterocycles. The molecule has 0 saturated carbocycles. The summed E-state index contributed by atoms with van der Waals surface area (Å²) in [4.78, 5) is 11.8. The van der Waals surface area contributed by atoms with Crippen molar-refractivity contribution in [1.82, 2.24) is 0 Å². The zero-order chi connectivity index (χ0) is 15.4. The molecule has 2 aromatic carbocycles. The highest BCUT2D eigenvalue weighted by atomic mass is 19.1. The van der Waals surface area contributed by atoms with Crippen LogP contribution in [0.1, 0.15) is 11.1 Å². The van der Waals surface area contributed by atoms with Gasteiger partial charge in [0.05, 0.1) is 29.4 Å². The van der Waals surface area contributed by atoms with Crippen molar-refractivity contribution in [2.45, 2.75) is 6.42 Å². The zero-order valence-corrected chi connectivity index (χ0v) is 10.9. The van der Waals surface area contributed by atoms with Gasteiger partial charge in [-0.05, 0) is 29.8 Å². The standard InChI is InChI=1S/C15H11F2N3O/c16-11-3-2-10(12(17)7-11)6-15(21)20-14-4-1-9(8-18)5-13(14)19/h1-5,7H,6,19H2,(H,20,21). The maximum atomic E-state index is 13.4. The smallest absolute Gasteiger partial charge is 0.228 e. The van der Waals surface area contributed by atoms with Gasteiger partial charge in [-0.2, -0.15) is 5.26 Å². The number of benzene rings is 2. The van der Waals surface area contributed by atoms with Gasteiger partial charge in [0.25, 0.3) is 0 Å². The third-order valence-electron chi connectivity index (χ3n) is 2.82. The molecule has 0 fully saturated rings. The third kappa shape index (κ3) is 3.54. The lowest BCUT2D eigenvalue weighted by atomic mass is 10.1. The Morgan fingerprint density at radius 2 is 2.00 bits per heavy atom. The van der Waals surface area contributed by atoms with E-state index in [1.54, 1.807) is 0 Å². The number of carbonyl (C=O) groups is 1. The van der Waals surface area contributed by atoms with Crippen LogP contribution in [0.3, 0.4) is 0 Å². The summed E-state index contributed by atoms with van der Waals surface area (Å²) in [6, 6.07) is 9.37. The lowest BCUT2D eigenvalue weighted by Crippen LogP contribution is -2.16. The fourth-order valence-electron chi connectivity index (χ4n) is 1.78. The number of hydrogen-bond donors (Lipinski definition) is 2. The van der Waals surface area contributed by atoms with Gasteiger partial charge in [-0.25, -0.2) is 8.78 Å². The molecule has 2 rings (SSSR count). The lowest BCUT2D eigenvalue weighted by Gasteiger charge is -2.09. The summed E-state index contributed by atoms with van der Waals surface area (Å²) >= 11 is 0. The molecule has 0 unspecified atom stereocenters. The van der Waals surface area contributed by atoms with Gasteiger partial charge < -0.3 is 11.1 Å². The Bertz CT molecular complexity index is 738. The maximum absolute atomic E-state index is 13.4. The van der Waals surface area contributed by atoms with Crippen molar-refractivity contribution < 1.29 is 13.6 Å². The minimum atomic E-state index is -0.780. The molecular formula is C15H11F2N3O. The highest BCUT2D eigenvalue weighted by Gasteiger charge is 2.11. The highest BCUT2D eigenvalue weighted by molar-refractivity contribution is 5.95. The van der Waals surface area contributed by atoms with E-state index in [4.69, 9.17) is 11.0 Å². The van der Waals surface area contributed by atoms with Crippen molar-refractivity contribution in [3.8, 4) is 6.07 Å². The summed E-state index contributed by atoms with van der Waals surface area (Å²) in [7, 11) is 0. The van der Waals surface area contributed by atoms with Gasteiger partial charge in [-0.15, -0.1) is 0 Å². The summed E-state index contributed by atoms with van der Waals surface area (Å²) in [5, 5.41) is 11.2. The second-order valence-electron chi connectivity index (χ2n) is 4.37. The van der Waals surface area contributed by atoms with E-state index in [2.05, 4.69) is 5.32 Å². The monoisotopic (exact) mass is 287 g/mol. The number of nitrogens with zero attached hydrogens (tertiary/aromatic N) is 1. The fraction of sp³-hybridized carbons (Fsp3) is 0.0667. The first kappa shape index (κ1) is 14.5. The molecule has 0 aliphatic rings. The van der Waals surface area contributed by atoms with E-state index in [-0.39, 0.29) is 17.7 Å². The van der Waals surface area contributed by atoms with Crippen LogP contribution in [0.2, 0.25) is 0 Å². The molecule has 0 atom stereocenters. The lowest BCUT2D eigenvalue weighted by molar-refractivity contribution is -0.115. The molecule has 0 radical (unpaired) electrons. The Kier molecular flexibility index (Phi) is 4.14. The van der Waals surface area contributed by atoms with Gasteiger partial charge >= 0.3 is 0 Å². The van der Waals surface area contributed by atoms with E-state index in [1.807, 2.05) is 6.07 Å². The van der Waals surface area contributed by atoms with E-state index in [1.165, 1.54) is 24.3 Å². The molecule has 3 N–H and O–H groups in total. The summed E-state index contributed by atoms with van der Waals surface area (Å²) in [6.45, 7) is 0. The Balaban J connectivity index is 2.10. The largest absolute Gasteiger partial charge is 0.397 e. The van der Waals surface area contributed by atoms with E-state index in [0.717, 1.165) is 12.1 Å². The average Bonchev–Trinajstić information content (AvgIpc) is 2.44. The number of nitriles is 1. The molecule has 4 nitrogen and oxygen atoms in total. The summed E-state index contributed by atoms with van der Waals surface area (Å²) in [5.74, 6) is -1.97. The zero-order valence-electron chi connectivity index (χ0n) is 10.9. The van der Waals surface area contributed by atoms with Crippen LogP contribution in [0.25, 0.3) is 0 Å². The molecule has 0 aliphatic heterocycles. The molecule has 106 valence electrons. The van der Waals surface area contributed by atoms with Gasteiger partial charge in [0, 0.05) is 6.07 Å². The average molecular weight is 287 g/mol. The quantitative estimate of drug-likeness (QED) is 0.852. The van der Waals surface area contributed by atoms with Gasteiger partial charge in [0.1, 0.15) is 11.6 Å². The molecular weight excluding hydrogens is 276 g/mol. The third-order valence-corrected chi connectivity index (χ3v) is 2.82. The van der Waals surface area contributed by atoms with Crippen molar-refractivity contribution in [2.75, 3.05) is 11.1 Å². The number of nitrogens with one attached hydrogen (secondary N) is 1. The number of rotatable bonds is 3. The number of halogens is 2. The van der Waals surface area contributed by atoms with Gasteiger partial charge in [-0.3, -0.25) is 4.79 Å². The van der Waals surface area contributed by atoms with Crippen molar-refractivity contribution >= 4 is 17.3 Å². The maximum Gasteiger partial charge on any atom is 0.228 e. The predicted octanol–water partition coefficient (Wildman–Crippen LogP) is 2.60. The van der Waals surface area contributed by atoms with Crippen LogP contribution in [-0.2, 0) is 11.2 Å². The van der Waals surface area contributed by atoms with Crippen LogP contribution in [-0.4, -0.2) is 5.91 Å². The summed E-state index contributed by atoms with van der Waals surface area (Å²) in [6.07, 6.45) is -0.244. The first-order chi connectivity index (χ1) is 9.99. The fourth-order valence-corrected chi connectivity index (χ4v) is 1.78. The van der Waals surface area contributed by atoms with E-state index < -0.39 is 17.5 Å². The first-order valence-electron chi connectivity index (χ1n) is 6.03. The van der Waals surface area contributed by atoms with Gasteiger partial charge in [0.15, 0.2) is 0 Å². The number of carbonyl (C=O) groups excluding carboxylic acids is 1. The molecule has 0 bridgehead atoms. The number of hydrogen-bond acceptors (Lipinski definition) is 3. The normalized spacial score (nSPS) is 9.95. The Morgan fingerprint density at radius 1 is 1.24 bits per heavy atom. The van der Waals surface area contributed by atoms with Gasteiger partial charge in [-0.1, -0.05) is 6.07 Å². The molecule has 0 aliphatic carbocycles. The SMILES string of the molecule is N#Cc1ccc(NC(=O)Cc2ccc(F)cc2F)c(N)c1. The van der Waals surface area contributed by atoms with Gasteiger partial charge in [0.2, 0.25) is 5.91 Å². The number of nitrogens with two attached hydrogens (primary N) is 1. The predicted molar refractivity (Wildman–Crippen MR) is 74.3 cm³/mol. The van der Waals surface area contributed by atoms with Crippen molar-refractivity contribution in [3.05, 3.63) is 59.2 Å².